The fraction of sp³-hybridized carbons (Fsp3) is 0.211. The predicted octanol–water partition coefficient (Wildman–Crippen LogP) is 2.04. The molecule has 0 saturated carbocycles. The van der Waals surface area contributed by atoms with Crippen molar-refractivity contribution in [3.63, 3.8) is 0 Å². The van der Waals surface area contributed by atoms with Crippen LogP contribution in [0.1, 0.15) is 22.6 Å². The average molecular weight is 336 g/mol. The molecule has 0 unspecified atom stereocenters. The number of fused-ring (bicyclic) bond motifs is 1. The Morgan fingerprint density at radius 3 is 2.52 bits per heavy atom. The number of amides is 2. The number of benzene rings is 2. The monoisotopic (exact) mass is 336 g/mol. The van der Waals surface area contributed by atoms with E-state index in [1.807, 2.05) is 30.3 Å². The van der Waals surface area contributed by atoms with Gasteiger partial charge in [0.15, 0.2) is 0 Å². The molecule has 0 aliphatic carbocycles. The largest absolute Gasteiger partial charge is 0.355 e. The van der Waals surface area contributed by atoms with E-state index < -0.39 is 0 Å². The van der Waals surface area contributed by atoms with E-state index >= 15 is 0 Å². The summed E-state index contributed by atoms with van der Waals surface area (Å²) < 4.78 is 0. The summed E-state index contributed by atoms with van der Waals surface area (Å²) in [7, 11) is 0. The van der Waals surface area contributed by atoms with Crippen molar-refractivity contribution < 1.29 is 9.59 Å². The van der Waals surface area contributed by atoms with Crippen LogP contribution in [0.25, 0.3) is 11.0 Å². The number of hydrogen-bond acceptors (Lipinski definition) is 3. The van der Waals surface area contributed by atoms with Gasteiger partial charge in [-0.15, -0.1) is 0 Å². The first-order valence-corrected chi connectivity index (χ1v) is 8.26. The minimum Gasteiger partial charge on any atom is -0.355 e. The second kappa shape index (κ2) is 8.10. The molecule has 0 atom stereocenters. The first-order chi connectivity index (χ1) is 12.2. The molecule has 0 bridgehead atoms. The van der Waals surface area contributed by atoms with Crippen molar-refractivity contribution in [1.82, 2.24) is 20.6 Å². The van der Waals surface area contributed by atoms with Crippen molar-refractivity contribution >= 4 is 22.8 Å². The zero-order valence-corrected chi connectivity index (χ0v) is 13.8. The Morgan fingerprint density at radius 2 is 1.72 bits per heavy atom. The topological polar surface area (TPSA) is 86.9 Å². The van der Waals surface area contributed by atoms with E-state index in [-0.39, 0.29) is 18.4 Å². The summed E-state index contributed by atoms with van der Waals surface area (Å²) in [6.45, 7) is 0.509. The molecule has 6 nitrogen and oxygen atoms in total. The highest BCUT2D eigenvalue weighted by Gasteiger charge is 2.07. The number of aromatic nitrogens is 2. The zero-order valence-electron chi connectivity index (χ0n) is 13.8. The van der Waals surface area contributed by atoms with Crippen LogP contribution >= 0.6 is 0 Å². The van der Waals surface area contributed by atoms with Crippen LogP contribution in [0.3, 0.4) is 0 Å². The van der Waals surface area contributed by atoms with Gasteiger partial charge in [-0.3, -0.25) is 9.59 Å². The maximum atomic E-state index is 11.8. The molecule has 2 aromatic carbocycles. The van der Waals surface area contributed by atoms with Gasteiger partial charge in [-0.2, -0.15) is 0 Å². The normalized spacial score (nSPS) is 10.6. The van der Waals surface area contributed by atoms with Gasteiger partial charge in [0.05, 0.1) is 17.6 Å². The van der Waals surface area contributed by atoms with Gasteiger partial charge in [-0.1, -0.05) is 30.3 Å². The van der Waals surface area contributed by atoms with Crippen LogP contribution in [-0.4, -0.2) is 34.9 Å². The van der Waals surface area contributed by atoms with Crippen molar-refractivity contribution in [2.45, 2.75) is 12.8 Å². The van der Waals surface area contributed by atoms with Gasteiger partial charge < -0.3 is 15.6 Å². The Hall–Kier alpha value is -3.15. The summed E-state index contributed by atoms with van der Waals surface area (Å²) in [5, 5.41) is 5.40. The smallest absolute Gasteiger partial charge is 0.251 e. The molecule has 0 aliphatic rings. The van der Waals surface area contributed by atoms with Crippen LogP contribution in [0, 0.1) is 0 Å². The van der Waals surface area contributed by atoms with Crippen molar-refractivity contribution in [2.24, 2.45) is 0 Å². The van der Waals surface area contributed by atoms with Gasteiger partial charge in [0.25, 0.3) is 5.91 Å². The maximum absolute atomic E-state index is 11.8. The standard InChI is InChI=1S/C19H20N4O2/c24-18(13-21-19(25)14-7-2-1-3-8-14)20-12-6-11-17-22-15-9-4-5-10-16(15)23-17/h1-5,7-10H,6,11-13H2,(H,20,24)(H,21,25)(H,22,23). The van der Waals surface area contributed by atoms with Gasteiger partial charge >= 0.3 is 0 Å². The Kier molecular flexibility index (Phi) is 5.41. The Morgan fingerprint density at radius 1 is 0.960 bits per heavy atom. The second-order valence-electron chi connectivity index (χ2n) is 5.70. The number of rotatable bonds is 7. The molecule has 3 rings (SSSR count). The molecular weight excluding hydrogens is 316 g/mol. The highest BCUT2D eigenvalue weighted by molar-refractivity contribution is 5.96. The lowest BCUT2D eigenvalue weighted by Gasteiger charge is -2.06. The third-order valence-corrected chi connectivity index (χ3v) is 3.80. The summed E-state index contributed by atoms with van der Waals surface area (Å²) >= 11 is 0. The van der Waals surface area contributed by atoms with Crippen molar-refractivity contribution in [1.29, 1.82) is 0 Å². The predicted molar refractivity (Wildman–Crippen MR) is 96.2 cm³/mol. The highest BCUT2D eigenvalue weighted by Crippen LogP contribution is 2.11. The fourth-order valence-electron chi connectivity index (χ4n) is 2.52. The lowest BCUT2D eigenvalue weighted by atomic mass is 10.2. The molecule has 1 aromatic heterocycles. The maximum Gasteiger partial charge on any atom is 0.251 e. The number of hydrogen-bond donors (Lipinski definition) is 3. The molecular formula is C19H20N4O2. The number of H-pyrrole nitrogens is 1. The van der Waals surface area contributed by atoms with Gasteiger partial charge in [0.2, 0.25) is 5.91 Å². The van der Waals surface area contributed by atoms with E-state index in [4.69, 9.17) is 0 Å². The lowest BCUT2D eigenvalue weighted by molar-refractivity contribution is -0.120. The summed E-state index contributed by atoms with van der Waals surface area (Å²) in [5.41, 5.74) is 2.51. The highest BCUT2D eigenvalue weighted by atomic mass is 16.2. The Bertz CT molecular complexity index is 825. The lowest BCUT2D eigenvalue weighted by Crippen LogP contribution is -2.37. The molecule has 0 fully saturated rings. The molecule has 128 valence electrons. The molecule has 0 aliphatic heterocycles. The van der Waals surface area contributed by atoms with E-state index in [2.05, 4.69) is 20.6 Å². The summed E-state index contributed by atoms with van der Waals surface area (Å²) in [5.74, 6) is 0.458. The van der Waals surface area contributed by atoms with Crippen molar-refractivity contribution in [3.8, 4) is 0 Å². The first kappa shape index (κ1) is 16.7. The molecule has 0 saturated heterocycles. The minimum atomic E-state index is -0.252. The number of para-hydroxylation sites is 2. The number of aryl methyl sites for hydroxylation is 1. The van der Waals surface area contributed by atoms with Gasteiger partial charge in [-0.05, 0) is 30.7 Å². The molecule has 3 aromatic rings. The van der Waals surface area contributed by atoms with E-state index in [0.717, 1.165) is 29.7 Å². The second-order valence-corrected chi connectivity index (χ2v) is 5.70. The Labute approximate surface area is 145 Å². The zero-order chi connectivity index (χ0) is 17.5. The molecule has 6 heteroatoms. The third-order valence-electron chi connectivity index (χ3n) is 3.80. The van der Waals surface area contributed by atoms with E-state index in [9.17, 15) is 9.59 Å². The summed E-state index contributed by atoms with van der Waals surface area (Å²) in [6.07, 6.45) is 1.53. The number of nitrogens with zero attached hydrogens (tertiary/aromatic N) is 1. The van der Waals surface area contributed by atoms with Crippen LogP contribution in [0.5, 0.6) is 0 Å². The molecule has 1 heterocycles. The van der Waals surface area contributed by atoms with Crippen LogP contribution in [0.4, 0.5) is 0 Å². The van der Waals surface area contributed by atoms with Crippen molar-refractivity contribution in [2.75, 3.05) is 13.1 Å². The third kappa shape index (κ3) is 4.67. The first-order valence-electron chi connectivity index (χ1n) is 8.26. The van der Waals surface area contributed by atoms with Gasteiger partial charge in [0.1, 0.15) is 5.82 Å². The van der Waals surface area contributed by atoms with Crippen molar-refractivity contribution in [3.05, 3.63) is 66.0 Å². The quantitative estimate of drug-likeness (QED) is 0.577. The number of carbonyl (C=O) groups excluding carboxylic acids is 2. The molecule has 2 amide bonds. The van der Waals surface area contributed by atoms with E-state index in [0.29, 0.717) is 12.1 Å². The van der Waals surface area contributed by atoms with Crippen LogP contribution < -0.4 is 10.6 Å². The molecule has 25 heavy (non-hydrogen) atoms. The number of nitrogens with one attached hydrogen (secondary N) is 3. The fourth-order valence-corrected chi connectivity index (χ4v) is 2.52. The average Bonchev–Trinajstić information content (AvgIpc) is 3.07. The summed E-state index contributed by atoms with van der Waals surface area (Å²) in [6, 6.07) is 16.7. The number of carbonyl (C=O) groups is 2. The molecule has 0 radical (unpaired) electrons. The molecule has 0 spiro atoms. The van der Waals surface area contributed by atoms with Gasteiger partial charge in [0, 0.05) is 18.5 Å². The van der Waals surface area contributed by atoms with Crippen LogP contribution in [0.15, 0.2) is 54.6 Å². The van der Waals surface area contributed by atoms with Crippen LogP contribution in [-0.2, 0) is 11.2 Å². The minimum absolute atomic E-state index is 0.0294. The SMILES string of the molecule is O=C(CNC(=O)c1ccccc1)NCCCc1nc2ccccc2[nH]1. The Balaban J connectivity index is 1.36. The van der Waals surface area contributed by atoms with E-state index in [1.54, 1.807) is 24.3 Å². The summed E-state index contributed by atoms with van der Waals surface area (Å²) in [4.78, 5) is 31.4. The molecule has 3 N–H and O–H groups in total. The number of aromatic amines is 1. The van der Waals surface area contributed by atoms with Crippen LogP contribution in [0.2, 0.25) is 0 Å². The van der Waals surface area contributed by atoms with Gasteiger partial charge in [-0.25, -0.2) is 4.98 Å². The van der Waals surface area contributed by atoms with E-state index in [1.165, 1.54) is 0 Å². The number of imidazole rings is 1.